The number of aryl methyl sites for hydroxylation is 3. The fraction of sp³-hybridized carbons (Fsp3) is 0.267. The molecule has 0 bridgehead atoms. The van der Waals surface area contributed by atoms with Gasteiger partial charge in [-0.2, -0.15) is 10.2 Å². The van der Waals surface area contributed by atoms with Crippen molar-refractivity contribution in [2.24, 2.45) is 0 Å². The van der Waals surface area contributed by atoms with E-state index in [1.807, 2.05) is 16.7 Å². The standard InChI is InChI=1S/C15H14N4O/c1-9-4-5-14-13(10(9)2)6-12(7-16)19(14)8-15-17-11(3)20-18-15/h4-6H,8H2,1-3H3. The third-order valence-electron chi connectivity index (χ3n) is 3.61. The third kappa shape index (κ3) is 1.86. The van der Waals surface area contributed by atoms with Gasteiger partial charge in [0.15, 0.2) is 5.82 Å². The summed E-state index contributed by atoms with van der Waals surface area (Å²) in [6.07, 6.45) is 0. The van der Waals surface area contributed by atoms with Gasteiger partial charge in [-0.1, -0.05) is 11.2 Å². The molecule has 3 rings (SSSR count). The molecule has 3 aromatic rings. The SMILES string of the molecule is Cc1nc(Cn2c(C#N)cc3c(C)c(C)ccc32)no1. The molecule has 1 aromatic carbocycles. The molecule has 5 nitrogen and oxygen atoms in total. The lowest BCUT2D eigenvalue weighted by molar-refractivity contribution is 0.386. The van der Waals surface area contributed by atoms with Crippen LogP contribution in [-0.2, 0) is 6.54 Å². The van der Waals surface area contributed by atoms with Crippen LogP contribution in [0.15, 0.2) is 22.7 Å². The lowest BCUT2D eigenvalue weighted by atomic mass is 10.1. The average Bonchev–Trinajstić information content (AvgIpc) is 2.99. The van der Waals surface area contributed by atoms with Crippen LogP contribution >= 0.6 is 0 Å². The maximum absolute atomic E-state index is 9.33. The second kappa shape index (κ2) is 4.49. The Kier molecular flexibility index (Phi) is 2.79. The summed E-state index contributed by atoms with van der Waals surface area (Å²) in [6.45, 7) is 6.33. The van der Waals surface area contributed by atoms with E-state index in [0.29, 0.717) is 24.0 Å². The Morgan fingerprint density at radius 3 is 2.75 bits per heavy atom. The molecule has 100 valence electrons. The quantitative estimate of drug-likeness (QED) is 0.715. The fourth-order valence-electron chi connectivity index (χ4n) is 2.40. The molecule has 5 heteroatoms. The van der Waals surface area contributed by atoms with Crippen molar-refractivity contribution in [3.63, 3.8) is 0 Å². The molecule has 0 spiro atoms. The first-order valence-electron chi connectivity index (χ1n) is 6.39. The molecule has 0 saturated carbocycles. The summed E-state index contributed by atoms with van der Waals surface area (Å²) in [5.41, 5.74) is 4.04. The Morgan fingerprint density at radius 2 is 2.10 bits per heavy atom. The van der Waals surface area contributed by atoms with E-state index in [-0.39, 0.29) is 0 Å². The Labute approximate surface area is 116 Å². The van der Waals surface area contributed by atoms with Crippen LogP contribution in [0.5, 0.6) is 0 Å². The maximum atomic E-state index is 9.33. The van der Waals surface area contributed by atoms with Crippen LogP contribution in [0.3, 0.4) is 0 Å². The lowest BCUT2D eigenvalue weighted by Gasteiger charge is -2.05. The first-order valence-corrected chi connectivity index (χ1v) is 6.39. The normalized spacial score (nSPS) is 10.9. The highest BCUT2D eigenvalue weighted by Gasteiger charge is 2.13. The lowest BCUT2D eigenvalue weighted by Crippen LogP contribution is -2.03. The summed E-state index contributed by atoms with van der Waals surface area (Å²) in [4.78, 5) is 4.20. The Hall–Kier alpha value is -2.61. The summed E-state index contributed by atoms with van der Waals surface area (Å²) in [6, 6.07) is 8.26. The van der Waals surface area contributed by atoms with Crippen molar-refractivity contribution in [2.75, 3.05) is 0 Å². The molecule has 0 amide bonds. The van der Waals surface area contributed by atoms with Gasteiger partial charge in [-0.3, -0.25) is 0 Å². The number of hydrogen-bond acceptors (Lipinski definition) is 4. The van der Waals surface area contributed by atoms with Gasteiger partial charge in [-0.25, -0.2) is 0 Å². The highest BCUT2D eigenvalue weighted by atomic mass is 16.5. The van der Waals surface area contributed by atoms with Crippen LogP contribution < -0.4 is 0 Å². The maximum Gasteiger partial charge on any atom is 0.223 e. The second-order valence-electron chi connectivity index (χ2n) is 4.90. The minimum Gasteiger partial charge on any atom is -0.340 e. The summed E-state index contributed by atoms with van der Waals surface area (Å²) in [5, 5.41) is 14.3. The molecule has 0 aliphatic carbocycles. The molecular formula is C15H14N4O. The summed E-state index contributed by atoms with van der Waals surface area (Å²) < 4.78 is 6.91. The zero-order valence-electron chi connectivity index (χ0n) is 11.6. The molecule has 0 aliphatic heterocycles. The van der Waals surface area contributed by atoms with Crippen molar-refractivity contribution in [1.82, 2.24) is 14.7 Å². The van der Waals surface area contributed by atoms with Gasteiger partial charge in [0, 0.05) is 17.8 Å². The Morgan fingerprint density at radius 1 is 1.30 bits per heavy atom. The van der Waals surface area contributed by atoms with E-state index < -0.39 is 0 Å². The van der Waals surface area contributed by atoms with Gasteiger partial charge < -0.3 is 9.09 Å². The van der Waals surface area contributed by atoms with Crippen LogP contribution in [0.25, 0.3) is 10.9 Å². The number of benzene rings is 1. The number of rotatable bonds is 2. The van der Waals surface area contributed by atoms with E-state index in [9.17, 15) is 5.26 Å². The zero-order chi connectivity index (χ0) is 14.3. The molecule has 2 aromatic heterocycles. The average molecular weight is 266 g/mol. The minimum atomic E-state index is 0.437. The Bertz CT molecular complexity index is 836. The predicted octanol–water partition coefficient (Wildman–Crippen LogP) is 2.87. The summed E-state index contributed by atoms with van der Waals surface area (Å²) in [5.74, 6) is 1.11. The van der Waals surface area contributed by atoms with E-state index in [1.54, 1.807) is 6.92 Å². The summed E-state index contributed by atoms with van der Waals surface area (Å²) in [7, 11) is 0. The monoisotopic (exact) mass is 266 g/mol. The molecule has 0 N–H and O–H groups in total. The van der Waals surface area contributed by atoms with E-state index in [2.05, 4.69) is 36.1 Å². The van der Waals surface area contributed by atoms with Crippen molar-refractivity contribution in [3.8, 4) is 6.07 Å². The molecular weight excluding hydrogens is 252 g/mol. The van der Waals surface area contributed by atoms with Crippen LogP contribution in [0.1, 0.15) is 28.5 Å². The van der Waals surface area contributed by atoms with Gasteiger partial charge in [0.05, 0.1) is 6.54 Å². The molecule has 0 fully saturated rings. The minimum absolute atomic E-state index is 0.437. The Balaban J connectivity index is 2.19. The predicted molar refractivity (Wildman–Crippen MR) is 74.3 cm³/mol. The number of nitrogens with zero attached hydrogens (tertiary/aromatic N) is 4. The third-order valence-corrected chi connectivity index (χ3v) is 3.61. The van der Waals surface area contributed by atoms with Crippen LogP contribution in [0.2, 0.25) is 0 Å². The highest BCUT2D eigenvalue weighted by Crippen LogP contribution is 2.25. The first kappa shape index (κ1) is 12.4. The molecule has 0 radical (unpaired) electrons. The van der Waals surface area contributed by atoms with Crippen LogP contribution in [0.4, 0.5) is 0 Å². The van der Waals surface area contributed by atoms with E-state index in [4.69, 9.17) is 4.52 Å². The highest BCUT2D eigenvalue weighted by molar-refractivity contribution is 5.86. The van der Waals surface area contributed by atoms with Crippen molar-refractivity contribution in [1.29, 1.82) is 5.26 Å². The van der Waals surface area contributed by atoms with Gasteiger partial charge >= 0.3 is 0 Å². The van der Waals surface area contributed by atoms with Crippen LogP contribution in [0, 0.1) is 32.1 Å². The smallest absolute Gasteiger partial charge is 0.223 e. The first-order chi connectivity index (χ1) is 9.60. The molecule has 0 atom stereocenters. The summed E-state index contributed by atoms with van der Waals surface area (Å²) >= 11 is 0. The van der Waals surface area contributed by atoms with Gasteiger partial charge in [0.1, 0.15) is 11.8 Å². The molecule has 20 heavy (non-hydrogen) atoms. The number of fused-ring (bicyclic) bond motifs is 1. The topological polar surface area (TPSA) is 67.6 Å². The van der Waals surface area contributed by atoms with Crippen molar-refractivity contribution < 1.29 is 4.52 Å². The number of nitriles is 1. The van der Waals surface area contributed by atoms with E-state index in [0.717, 1.165) is 10.9 Å². The zero-order valence-corrected chi connectivity index (χ0v) is 11.6. The van der Waals surface area contributed by atoms with Gasteiger partial charge in [-0.15, -0.1) is 0 Å². The number of aromatic nitrogens is 3. The fourth-order valence-corrected chi connectivity index (χ4v) is 2.40. The largest absolute Gasteiger partial charge is 0.340 e. The van der Waals surface area contributed by atoms with Gasteiger partial charge in [0.2, 0.25) is 5.89 Å². The van der Waals surface area contributed by atoms with Crippen LogP contribution in [-0.4, -0.2) is 14.7 Å². The number of hydrogen-bond donors (Lipinski definition) is 0. The molecule has 0 unspecified atom stereocenters. The molecule has 0 saturated heterocycles. The second-order valence-corrected chi connectivity index (χ2v) is 4.90. The van der Waals surface area contributed by atoms with Gasteiger partial charge in [0.25, 0.3) is 0 Å². The van der Waals surface area contributed by atoms with Crippen molar-refractivity contribution in [2.45, 2.75) is 27.3 Å². The van der Waals surface area contributed by atoms with Crippen molar-refractivity contribution in [3.05, 3.63) is 46.7 Å². The van der Waals surface area contributed by atoms with Gasteiger partial charge in [-0.05, 0) is 37.1 Å². The van der Waals surface area contributed by atoms with Crippen molar-refractivity contribution >= 4 is 10.9 Å². The molecule has 2 heterocycles. The van der Waals surface area contributed by atoms with E-state index >= 15 is 0 Å². The van der Waals surface area contributed by atoms with E-state index in [1.165, 1.54) is 11.1 Å². The molecule has 0 aliphatic rings.